The summed E-state index contributed by atoms with van der Waals surface area (Å²) in [6, 6.07) is 23.1. The molecule has 0 radical (unpaired) electrons. The van der Waals surface area contributed by atoms with Crippen LogP contribution in [0.25, 0.3) is 10.8 Å². The summed E-state index contributed by atoms with van der Waals surface area (Å²) < 4.78 is 10.9. The summed E-state index contributed by atoms with van der Waals surface area (Å²) in [7, 11) is 1.57. The van der Waals surface area contributed by atoms with Crippen molar-refractivity contribution in [3.05, 3.63) is 102 Å². The van der Waals surface area contributed by atoms with Crippen molar-refractivity contribution in [1.29, 1.82) is 0 Å². The molecule has 4 amide bonds. The van der Waals surface area contributed by atoms with Gasteiger partial charge < -0.3 is 19.5 Å². The number of ether oxygens (including phenoxy) is 2. The number of carbonyl (C=O) groups is 4. The molecule has 1 N–H and O–H groups in total. The Bertz CT molecular complexity index is 1900. The third-order valence-electron chi connectivity index (χ3n) is 9.27. The highest BCUT2D eigenvalue weighted by atomic mass is 16.6. The average molecular weight is 679 g/mol. The van der Waals surface area contributed by atoms with Crippen molar-refractivity contribution in [3.8, 4) is 5.75 Å². The van der Waals surface area contributed by atoms with Gasteiger partial charge in [-0.3, -0.25) is 9.69 Å². The molecule has 0 aliphatic carbocycles. The number of carbonyl (C=O) groups excluding carboxylic acids is 3. The molecular formula is C39H42N4O7. The molecule has 2 saturated heterocycles. The first-order valence-corrected chi connectivity index (χ1v) is 16.8. The summed E-state index contributed by atoms with van der Waals surface area (Å²) in [6.07, 6.45) is 2.60. The number of carboxylic acids is 1. The van der Waals surface area contributed by atoms with Crippen LogP contribution in [0.15, 0.2) is 85.1 Å². The summed E-state index contributed by atoms with van der Waals surface area (Å²) in [6.45, 7) is 6.32. The third kappa shape index (κ3) is 7.41. The van der Waals surface area contributed by atoms with Crippen LogP contribution < -0.4 is 9.64 Å². The van der Waals surface area contributed by atoms with E-state index in [4.69, 9.17) is 9.47 Å². The van der Waals surface area contributed by atoms with Crippen LogP contribution in [-0.2, 0) is 27.3 Å². The summed E-state index contributed by atoms with van der Waals surface area (Å²) in [4.78, 5) is 61.5. The van der Waals surface area contributed by atoms with E-state index in [-0.39, 0.29) is 24.7 Å². The van der Waals surface area contributed by atoms with Gasteiger partial charge in [0, 0.05) is 25.2 Å². The van der Waals surface area contributed by atoms with Crippen LogP contribution in [0, 0.1) is 5.92 Å². The molecule has 11 nitrogen and oxygen atoms in total. The molecule has 0 bridgehead atoms. The lowest BCUT2D eigenvalue weighted by molar-refractivity contribution is -0.166. The number of pyridine rings is 1. The lowest BCUT2D eigenvalue weighted by Crippen LogP contribution is -2.69. The van der Waals surface area contributed by atoms with Gasteiger partial charge in [0.2, 0.25) is 5.91 Å². The molecule has 1 unspecified atom stereocenters. The minimum absolute atomic E-state index is 0.0551. The van der Waals surface area contributed by atoms with Crippen LogP contribution in [0.3, 0.4) is 0 Å². The topological polar surface area (TPSA) is 130 Å². The van der Waals surface area contributed by atoms with Crippen LogP contribution in [0.4, 0.5) is 15.4 Å². The fourth-order valence-electron chi connectivity index (χ4n) is 6.74. The van der Waals surface area contributed by atoms with Crippen molar-refractivity contribution in [2.75, 3.05) is 25.1 Å². The molecule has 6 rings (SSSR count). The first-order valence-electron chi connectivity index (χ1n) is 16.8. The van der Waals surface area contributed by atoms with Crippen molar-refractivity contribution in [2.24, 2.45) is 5.92 Å². The monoisotopic (exact) mass is 678 g/mol. The molecular weight excluding hydrogens is 636 g/mol. The normalized spacial score (nSPS) is 19.1. The number of carboxylic acid groups (broad SMARTS) is 1. The molecule has 0 saturated carbocycles. The largest absolute Gasteiger partial charge is 0.497 e. The van der Waals surface area contributed by atoms with E-state index in [1.165, 1.54) is 11.1 Å². The van der Waals surface area contributed by atoms with Crippen LogP contribution in [0.1, 0.15) is 56.2 Å². The number of piperidine rings is 1. The van der Waals surface area contributed by atoms with Gasteiger partial charge in [0.05, 0.1) is 19.6 Å². The van der Waals surface area contributed by atoms with E-state index < -0.39 is 41.6 Å². The van der Waals surface area contributed by atoms with Gasteiger partial charge >= 0.3 is 18.1 Å². The summed E-state index contributed by atoms with van der Waals surface area (Å²) in [5.74, 6) is -1.69. The Morgan fingerprint density at radius 1 is 0.960 bits per heavy atom. The van der Waals surface area contributed by atoms with Crippen molar-refractivity contribution in [2.45, 2.75) is 64.1 Å². The van der Waals surface area contributed by atoms with Gasteiger partial charge in [0.25, 0.3) is 0 Å². The minimum Gasteiger partial charge on any atom is -0.497 e. The van der Waals surface area contributed by atoms with Gasteiger partial charge in [-0.2, -0.15) is 0 Å². The lowest BCUT2D eigenvalue weighted by atomic mass is 9.82. The number of urea groups is 1. The molecule has 11 heteroatoms. The quantitative estimate of drug-likeness (QED) is 0.206. The summed E-state index contributed by atoms with van der Waals surface area (Å²) in [5.41, 5.74) is 1.76. The molecule has 3 aromatic carbocycles. The van der Waals surface area contributed by atoms with Gasteiger partial charge in [-0.1, -0.05) is 54.6 Å². The number of imide groups is 1. The minimum atomic E-state index is -1.31. The number of likely N-dealkylation sites (tertiary alicyclic amines) is 2. The van der Waals surface area contributed by atoms with E-state index in [9.17, 15) is 24.3 Å². The Balaban J connectivity index is 1.17. The van der Waals surface area contributed by atoms with Crippen molar-refractivity contribution in [3.63, 3.8) is 0 Å². The van der Waals surface area contributed by atoms with E-state index in [2.05, 4.69) is 35.3 Å². The number of hydrogen-bond acceptors (Lipinski definition) is 7. The van der Waals surface area contributed by atoms with Gasteiger partial charge in [0.15, 0.2) is 6.04 Å². The number of anilines is 1. The standard InChI is InChI=1S/C39H42N4O7/c1-39(2,3)50-38(48)42(23-25-11-15-31(49-4)16-12-25)33-21-26(17-18-40-33)20-32-34(36(45)46)43(35(32)44)37(47)41-19-7-10-30(24-41)29-14-13-27-8-5-6-9-28(27)22-29/h5-6,8-9,11-18,21-22,30,32,34H,7,10,19-20,23-24H2,1-4H3,(H,45,46)/t30?,32-,34+/m1/s1. The molecule has 4 aromatic rings. The number of methoxy groups -OCH3 is 1. The highest BCUT2D eigenvalue weighted by molar-refractivity contribution is 6.07. The smallest absolute Gasteiger partial charge is 0.416 e. The summed E-state index contributed by atoms with van der Waals surface area (Å²) >= 11 is 0. The van der Waals surface area contributed by atoms with Crippen LogP contribution in [0.2, 0.25) is 0 Å². The van der Waals surface area contributed by atoms with Gasteiger partial charge in [-0.15, -0.1) is 0 Å². The molecule has 0 spiro atoms. The number of nitrogens with zero attached hydrogens (tertiary/aromatic N) is 4. The van der Waals surface area contributed by atoms with Gasteiger partial charge in [0.1, 0.15) is 17.2 Å². The first kappa shape index (κ1) is 34.4. The predicted molar refractivity (Wildman–Crippen MR) is 188 cm³/mol. The van der Waals surface area contributed by atoms with Crippen molar-refractivity contribution < 1.29 is 33.8 Å². The Morgan fingerprint density at radius 2 is 1.70 bits per heavy atom. The highest BCUT2D eigenvalue weighted by Crippen LogP contribution is 2.35. The summed E-state index contributed by atoms with van der Waals surface area (Å²) in [5, 5.41) is 12.5. The van der Waals surface area contributed by atoms with Crippen molar-refractivity contribution in [1.82, 2.24) is 14.8 Å². The molecule has 1 aromatic heterocycles. The lowest BCUT2D eigenvalue weighted by Gasteiger charge is -2.46. The average Bonchev–Trinajstić information content (AvgIpc) is 3.10. The SMILES string of the molecule is COc1ccc(CN(C(=O)OC(C)(C)C)c2cc(C[C@H]3C(=O)N(C(=O)N4CCCC(c5ccc6ccccc6c5)C4)[C@@H]3C(=O)O)ccn2)cc1. The zero-order valence-electron chi connectivity index (χ0n) is 28.7. The number of aliphatic carboxylic acids is 1. The second-order valence-electron chi connectivity index (χ2n) is 13.9. The number of benzene rings is 3. The van der Waals surface area contributed by atoms with E-state index in [0.29, 0.717) is 24.4 Å². The fraction of sp³-hybridized carbons (Fsp3) is 0.359. The first-order chi connectivity index (χ1) is 23.9. The third-order valence-corrected chi connectivity index (χ3v) is 9.27. The van der Waals surface area contributed by atoms with E-state index in [1.54, 1.807) is 57.0 Å². The predicted octanol–water partition coefficient (Wildman–Crippen LogP) is 6.64. The second kappa shape index (κ2) is 14.2. The van der Waals surface area contributed by atoms with Crippen molar-refractivity contribution >= 4 is 40.6 Å². The van der Waals surface area contributed by atoms with E-state index >= 15 is 0 Å². The molecule has 260 valence electrons. The Kier molecular flexibility index (Phi) is 9.76. The Hall–Kier alpha value is -5.45. The number of aromatic nitrogens is 1. The number of β-lactam (4-membered cyclic amide) rings is 1. The fourth-order valence-corrected chi connectivity index (χ4v) is 6.74. The van der Waals surface area contributed by atoms with E-state index in [1.807, 2.05) is 24.3 Å². The molecule has 2 aliphatic rings. The molecule has 3 heterocycles. The van der Waals surface area contributed by atoms with Crippen LogP contribution >= 0.6 is 0 Å². The maximum atomic E-state index is 13.7. The maximum Gasteiger partial charge on any atom is 0.416 e. The molecule has 3 atom stereocenters. The zero-order valence-corrected chi connectivity index (χ0v) is 28.7. The van der Waals surface area contributed by atoms with Crippen LogP contribution in [-0.4, -0.2) is 75.7 Å². The molecule has 2 fully saturated rings. The van der Waals surface area contributed by atoms with Gasteiger partial charge in [-0.05, 0) is 91.8 Å². The zero-order chi connectivity index (χ0) is 35.6. The highest BCUT2D eigenvalue weighted by Gasteiger charge is 2.55. The Morgan fingerprint density at radius 3 is 2.40 bits per heavy atom. The number of hydrogen-bond donors (Lipinski definition) is 1. The van der Waals surface area contributed by atoms with Gasteiger partial charge in [-0.25, -0.2) is 24.3 Å². The maximum absolute atomic E-state index is 13.7. The molecule has 2 aliphatic heterocycles. The second-order valence-corrected chi connectivity index (χ2v) is 13.9. The number of amides is 4. The number of rotatable bonds is 8. The van der Waals surface area contributed by atoms with Crippen LogP contribution in [0.5, 0.6) is 5.75 Å². The number of fused-ring (bicyclic) bond motifs is 1. The molecule has 50 heavy (non-hydrogen) atoms. The van der Waals surface area contributed by atoms with E-state index in [0.717, 1.165) is 39.6 Å². The Labute approximate surface area is 291 Å².